The molecule has 6 heteroatoms. The normalized spacial score (nSPS) is 21.8. The molecule has 1 aromatic rings. The molecule has 0 radical (unpaired) electrons. The molecule has 0 bridgehead atoms. The molecule has 0 N–H and O–H groups in total. The Morgan fingerprint density at radius 2 is 1.96 bits per heavy atom. The molecule has 3 rings (SSSR count). The molecule has 1 fully saturated rings. The van der Waals surface area contributed by atoms with Gasteiger partial charge in [-0.15, -0.1) is 0 Å². The standard InChI is InChI=1S/C20H23NO4S/c1-14(22)20(2,26(3,23)24)13-18-12-19(21-25-18)17-10-8-16(9-11-17)7-6-15-4-5-15/h8-11,15,18H,4-5,12-13H2,1-3H3/t18-,20-/m1/s1. The van der Waals surface area contributed by atoms with E-state index in [2.05, 4.69) is 17.0 Å². The van der Waals surface area contributed by atoms with Crippen molar-refractivity contribution >= 4 is 21.3 Å². The van der Waals surface area contributed by atoms with Gasteiger partial charge in [0.2, 0.25) is 0 Å². The summed E-state index contributed by atoms with van der Waals surface area (Å²) in [6.07, 6.45) is 3.64. The number of hydrogen-bond acceptors (Lipinski definition) is 5. The number of nitrogens with zero attached hydrogens (tertiary/aromatic N) is 1. The monoisotopic (exact) mass is 373 g/mol. The van der Waals surface area contributed by atoms with Gasteiger partial charge in [0.1, 0.15) is 10.9 Å². The maximum absolute atomic E-state index is 12.1. The molecule has 1 heterocycles. The number of carbonyl (C=O) groups is 1. The Kier molecular flexibility index (Phi) is 4.94. The first-order valence-corrected chi connectivity index (χ1v) is 10.6. The molecule has 5 nitrogen and oxygen atoms in total. The van der Waals surface area contributed by atoms with Gasteiger partial charge in [-0.05, 0) is 44.4 Å². The zero-order chi connectivity index (χ0) is 18.9. The number of carbonyl (C=O) groups excluding carboxylic acids is 1. The topological polar surface area (TPSA) is 72.8 Å². The van der Waals surface area contributed by atoms with E-state index in [1.54, 1.807) is 0 Å². The van der Waals surface area contributed by atoms with E-state index in [0.29, 0.717) is 12.3 Å². The highest BCUT2D eigenvalue weighted by Gasteiger charge is 2.44. The number of benzene rings is 1. The molecular weight excluding hydrogens is 350 g/mol. The predicted molar refractivity (Wildman–Crippen MR) is 101 cm³/mol. The molecule has 0 spiro atoms. The molecule has 0 aromatic heterocycles. The lowest BCUT2D eigenvalue weighted by Crippen LogP contribution is -2.44. The summed E-state index contributed by atoms with van der Waals surface area (Å²) in [5.74, 6) is 6.58. The number of oxime groups is 1. The highest BCUT2D eigenvalue weighted by molar-refractivity contribution is 7.92. The van der Waals surface area contributed by atoms with Crippen LogP contribution in [0.2, 0.25) is 0 Å². The number of rotatable bonds is 5. The van der Waals surface area contributed by atoms with Gasteiger partial charge in [0.25, 0.3) is 0 Å². The Balaban J connectivity index is 1.66. The lowest BCUT2D eigenvalue weighted by molar-refractivity contribution is -0.120. The molecule has 26 heavy (non-hydrogen) atoms. The van der Waals surface area contributed by atoms with E-state index in [-0.39, 0.29) is 12.2 Å². The summed E-state index contributed by atoms with van der Waals surface area (Å²) in [7, 11) is -3.54. The van der Waals surface area contributed by atoms with Gasteiger partial charge in [-0.2, -0.15) is 0 Å². The van der Waals surface area contributed by atoms with Crippen molar-refractivity contribution in [1.29, 1.82) is 0 Å². The van der Waals surface area contributed by atoms with Gasteiger partial charge in [0.05, 0.1) is 5.71 Å². The summed E-state index contributed by atoms with van der Waals surface area (Å²) in [5.41, 5.74) is 2.66. The van der Waals surface area contributed by atoms with E-state index in [1.807, 2.05) is 24.3 Å². The molecule has 1 aliphatic heterocycles. The summed E-state index contributed by atoms with van der Waals surface area (Å²) in [6, 6.07) is 7.80. The zero-order valence-electron chi connectivity index (χ0n) is 15.3. The van der Waals surface area contributed by atoms with Crippen molar-refractivity contribution in [3.05, 3.63) is 35.4 Å². The van der Waals surface area contributed by atoms with Crippen molar-refractivity contribution in [3.8, 4) is 11.8 Å². The molecule has 2 atom stereocenters. The van der Waals surface area contributed by atoms with Crippen LogP contribution in [0.3, 0.4) is 0 Å². The summed E-state index contributed by atoms with van der Waals surface area (Å²) >= 11 is 0. The van der Waals surface area contributed by atoms with Crippen LogP contribution in [0.4, 0.5) is 0 Å². The van der Waals surface area contributed by atoms with E-state index < -0.39 is 20.7 Å². The highest BCUT2D eigenvalue weighted by Crippen LogP contribution is 2.30. The Morgan fingerprint density at radius 3 is 2.50 bits per heavy atom. The second kappa shape index (κ2) is 6.88. The fourth-order valence-electron chi connectivity index (χ4n) is 2.86. The quantitative estimate of drug-likeness (QED) is 0.744. The number of Topliss-reactive ketones (excluding diaryl/α,β-unsaturated/α-hetero) is 1. The number of ketones is 1. The molecule has 138 valence electrons. The molecule has 0 amide bonds. The van der Waals surface area contributed by atoms with Crippen LogP contribution in [-0.4, -0.2) is 37.0 Å². The zero-order valence-corrected chi connectivity index (χ0v) is 16.1. The average Bonchev–Trinajstić information content (AvgIpc) is 3.30. The minimum atomic E-state index is -3.54. The number of sulfone groups is 1. The Bertz CT molecular complexity index is 901. The Labute approximate surface area is 154 Å². The van der Waals surface area contributed by atoms with Crippen LogP contribution in [0, 0.1) is 17.8 Å². The molecule has 2 aliphatic rings. The summed E-state index contributed by atoms with van der Waals surface area (Å²) in [4.78, 5) is 17.3. The molecule has 1 aromatic carbocycles. The lowest BCUT2D eigenvalue weighted by atomic mass is 9.94. The van der Waals surface area contributed by atoms with Gasteiger partial charge in [0.15, 0.2) is 15.6 Å². The first kappa shape index (κ1) is 18.7. The Hall–Kier alpha value is -2.13. The fraction of sp³-hybridized carbons (Fsp3) is 0.500. The van der Waals surface area contributed by atoms with Crippen LogP contribution in [-0.2, 0) is 19.5 Å². The molecule has 1 aliphatic carbocycles. The largest absolute Gasteiger partial charge is 0.392 e. The molecular formula is C20H23NO4S. The minimum absolute atomic E-state index is 0.0963. The van der Waals surface area contributed by atoms with Crippen LogP contribution < -0.4 is 0 Å². The van der Waals surface area contributed by atoms with Crippen LogP contribution >= 0.6 is 0 Å². The minimum Gasteiger partial charge on any atom is -0.392 e. The highest BCUT2D eigenvalue weighted by atomic mass is 32.2. The third-order valence-corrected chi connectivity index (χ3v) is 7.22. The van der Waals surface area contributed by atoms with E-state index in [0.717, 1.165) is 23.1 Å². The van der Waals surface area contributed by atoms with Crippen molar-refractivity contribution in [2.45, 2.75) is 50.4 Å². The first-order valence-electron chi connectivity index (χ1n) is 8.74. The third-order valence-electron chi connectivity index (χ3n) is 5.13. The Morgan fingerprint density at radius 1 is 1.31 bits per heavy atom. The van der Waals surface area contributed by atoms with E-state index in [1.165, 1.54) is 26.7 Å². The van der Waals surface area contributed by atoms with Crippen molar-refractivity contribution in [3.63, 3.8) is 0 Å². The van der Waals surface area contributed by atoms with E-state index in [9.17, 15) is 13.2 Å². The SMILES string of the molecule is CC(=O)[C@@](C)(C[C@H]1CC(c2ccc(C#CC3CC3)cc2)=NO1)S(C)(=O)=O. The van der Waals surface area contributed by atoms with Crippen LogP contribution in [0.1, 0.15) is 50.7 Å². The average molecular weight is 373 g/mol. The van der Waals surface area contributed by atoms with Gasteiger partial charge in [-0.1, -0.05) is 29.1 Å². The lowest BCUT2D eigenvalue weighted by Gasteiger charge is -2.26. The van der Waals surface area contributed by atoms with E-state index >= 15 is 0 Å². The summed E-state index contributed by atoms with van der Waals surface area (Å²) in [6.45, 7) is 2.76. The molecule has 0 unspecified atom stereocenters. The third kappa shape index (κ3) is 3.99. The molecule has 0 saturated heterocycles. The number of hydrogen-bond donors (Lipinski definition) is 0. The van der Waals surface area contributed by atoms with Crippen LogP contribution in [0.25, 0.3) is 0 Å². The van der Waals surface area contributed by atoms with Crippen molar-refractivity contribution < 1.29 is 18.0 Å². The summed E-state index contributed by atoms with van der Waals surface area (Å²) < 4.78 is 22.7. The van der Waals surface area contributed by atoms with Crippen LogP contribution in [0.15, 0.2) is 29.4 Å². The second-order valence-corrected chi connectivity index (χ2v) is 9.80. The maximum atomic E-state index is 12.1. The molecule has 1 saturated carbocycles. The second-order valence-electron chi connectivity index (χ2n) is 7.35. The summed E-state index contributed by atoms with van der Waals surface area (Å²) in [5, 5.41) is 4.10. The van der Waals surface area contributed by atoms with Gasteiger partial charge in [0, 0.05) is 30.6 Å². The van der Waals surface area contributed by atoms with E-state index in [4.69, 9.17) is 4.84 Å². The van der Waals surface area contributed by atoms with Gasteiger partial charge >= 0.3 is 0 Å². The smallest absolute Gasteiger partial charge is 0.160 e. The fourth-order valence-corrected chi connectivity index (χ4v) is 3.87. The van der Waals surface area contributed by atoms with Crippen molar-refractivity contribution in [1.82, 2.24) is 0 Å². The van der Waals surface area contributed by atoms with Crippen LogP contribution in [0.5, 0.6) is 0 Å². The van der Waals surface area contributed by atoms with Crippen molar-refractivity contribution in [2.75, 3.05) is 6.26 Å². The van der Waals surface area contributed by atoms with Crippen molar-refractivity contribution in [2.24, 2.45) is 11.1 Å². The maximum Gasteiger partial charge on any atom is 0.160 e. The first-order chi connectivity index (χ1) is 12.2. The van der Waals surface area contributed by atoms with Gasteiger partial charge in [-0.25, -0.2) is 8.42 Å². The van der Waals surface area contributed by atoms with Gasteiger partial charge < -0.3 is 4.84 Å². The predicted octanol–water partition coefficient (Wildman–Crippen LogP) is 2.72. The van der Waals surface area contributed by atoms with Gasteiger partial charge in [-0.3, -0.25) is 4.79 Å².